The Kier molecular flexibility index (Phi) is 4.26. The van der Waals surface area contributed by atoms with Crippen molar-refractivity contribution < 1.29 is 13.2 Å². The van der Waals surface area contributed by atoms with E-state index in [-0.39, 0.29) is 5.56 Å². The summed E-state index contributed by atoms with van der Waals surface area (Å²) in [5.41, 5.74) is -0.859. The molecule has 0 aliphatic heterocycles. The van der Waals surface area contributed by atoms with E-state index in [1.165, 1.54) is 6.07 Å². The minimum Gasteiger partial charge on any atom is -0.192 e. The zero-order valence-corrected chi connectivity index (χ0v) is 11.5. The Labute approximate surface area is 123 Å². The second kappa shape index (κ2) is 5.78. The zero-order valence-electron chi connectivity index (χ0n) is 9.91. The number of halogens is 4. The summed E-state index contributed by atoms with van der Waals surface area (Å²) < 4.78 is 37.8. The van der Waals surface area contributed by atoms with E-state index in [0.29, 0.717) is 14.8 Å². The van der Waals surface area contributed by atoms with Crippen molar-refractivity contribution in [1.82, 2.24) is 0 Å². The number of benzene rings is 2. The summed E-state index contributed by atoms with van der Waals surface area (Å²) in [7, 11) is 0. The molecule has 2 rings (SSSR count). The van der Waals surface area contributed by atoms with E-state index >= 15 is 0 Å². The predicted molar refractivity (Wildman–Crippen MR) is 71.7 cm³/mol. The molecular weight excluding hydrogens is 307 g/mol. The standard InChI is InChI=1S/C14H7ClF3NS/c15-11-3-1-2-4-13(11)20-12-6-5-10(14(16,17)18)7-9(12)8-19/h1-7H. The third-order valence-electron chi connectivity index (χ3n) is 2.48. The smallest absolute Gasteiger partial charge is 0.192 e. The average molecular weight is 314 g/mol. The molecule has 0 saturated carbocycles. The lowest BCUT2D eigenvalue weighted by Crippen LogP contribution is -2.05. The first-order valence-corrected chi connectivity index (χ1v) is 6.65. The minimum atomic E-state index is -4.46. The van der Waals surface area contributed by atoms with Gasteiger partial charge in [0.2, 0.25) is 0 Å². The molecule has 20 heavy (non-hydrogen) atoms. The van der Waals surface area contributed by atoms with Gasteiger partial charge in [0.15, 0.2) is 0 Å². The van der Waals surface area contributed by atoms with Crippen LogP contribution in [0.2, 0.25) is 5.02 Å². The van der Waals surface area contributed by atoms with Gasteiger partial charge in [-0.3, -0.25) is 0 Å². The fourth-order valence-corrected chi connectivity index (χ4v) is 2.68. The highest BCUT2D eigenvalue weighted by Crippen LogP contribution is 2.37. The lowest BCUT2D eigenvalue weighted by Gasteiger charge is -2.10. The van der Waals surface area contributed by atoms with Gasteiger partial charge in [0.05, 0.1) is 16.1 Å². The van der Waals surface area contributed by atoms with Crippen LogP contribution in [0.25, 0.3) is 0 Å². The van der Waals surface area contributed by atoms with Gasteiger partial charge in [-0.1, -0.05) is 35.5 Å². The van der Waals surface area contributed by atoms with Crippen molar-refractivity contribution in [1.29, 1.82) is 5.26 Å². The van der Waals surface area contributed by atoms with E-state index in [4.69, 9.17) is 16.9 Å². The van der Waals surface area contributed by atoms with Crippen LogP contribution in [-0.2, 0) is 6.18 Å². The fraction of sp³-hybridized carbons (Fsp3) is 0.0714. The highest BCUT2D eigenvalue weighted by atomic mass is 35.5. The Balaban J connectivity index is 2.39. The molecule has 0 bridgehead atoms. The zero-order chi connectivity index (χ0) is 14.8. The highest BCUT2D eigenvalue weighted by Gasteiger charge is 2.31. The second-order valence-electron chi connectivity index (χ2n) is 3.85. The molecule has 102 valence electrons. The average Bonchev–Trinajstić information content (AvgIpc) is 2.40. The summed E-state index contributed by atoms with van der Waals surface area (Å²) in [6.07, 6.45) is -4.46. The number of hydrogen-bond acceptors (Lipinski definition) is 2. The van der Waals surface area contributed by atoms with Crippen molar-refractivity contribution in [3.8, 4) is 6.07 Å². The first-order chi connectivity index (χ1) is 9.41. The van der Waals surface area contributed by atoms with Crippen LogP contribution in [0.5, 0.6) is 0 Å². The Morgan fingerprint density at radius 3 is 2.35 bits per heavy atom. The van der Waals surface area contributed by atoms with Gasteiger partial charge < -0.3 is 0 Å². The minimum absolute atomic E-state index is 0.0234. The van der Waals surface area contributed by atoms with Crippen LogP contribution in [0, 0.1) is 11.3 Å². The Hall–Kier alpha value is -1.64. The lowest BCUT2D eigenvalue weighted by atomic mass is 10.1. The SMILES string of the molecule is N#Cc1cc(C(F)(F)F)ccc1Sc1ccccc1Cl. The van der Waals surface area contributed by atoms with Crippen molar-refractivity contribution in [2.75, 3.05) is 0 Å². The fourth-order valence-electron chi connectivity index (χ4n) is 1.53. The van der Waals surface area contributed by atoms with Crippen molar-refractivity contribution in [3.63, 3.8) is 0 Å². The van der Waals surface area contributed by atoms with Gasteiger partial charge in [-0.05, 0) is 30.3 Å². The molecule has 2 aromatic carbocycles. The largest absolute Gasteiger partial charge is 0.416 e. The van der Waals surface area contributed by atoms with Gasteiger partial charge in [0.1, 0.15) is 6.07 Å². The maximum absolute atomic E-state index is 12.6. The Morgan fingerprint density at radius 1 is 1.05 bits per heavy atom. The van der Waals surface area contributed by atoms with Gasteiger partial charge in [0, 0.05) is 9.79 Å². The van der Waals surface area contributed by atoms with Crippen LogP contribution < -0.4 is 0 Å². The molecule has 0 spiro atoms. The summed E-state index contributed by atoms with van der Waals surface area (Å²) in [6.45, 7) is 0. The summed E-state index contributed by atoms with van der Waals surface area (Å²) in [4.78, 5) is 1.12. The molecule has 0 aliphatic rings. The summed E-state index contributed by atoms with van der Waals surface area (Å²) in [6, 6.07) is 11.8. The third-order valence-corrected chi connectivity index (χ3v) is 4.08. The molecule has 0 amide bonds. The van der Waals surface area contributed by atoms with Crippen LogP contribution in [-0.4, -0.2) is 0 Å². The van der Waals surface area contributed by atoms with Crippen LogP contribution in [0.15, 0.2) is 52.3 Å². The van der Waals surface area contributed by atoms with Gasteiger partial charge in [-0.2, -0.15) is 18.4 Å². The first kappa shape index (κ1) is 14.8. The molecule has 0 saturated heterocycles. The molecule has 0 aromatic heterocycles. The molecule has 0 N–H and O–H groups in total. The molecule has 0 fully saturated rings. The predicted octanol–water partition coefficient (Wildman–Crippen LogP) is 5.38. The topological polar surface area (TPSA) is 23.8 Å². The number of nitrogens with zero attached hydrogens (tertiary/aromatic N) is 1. The summed E-state index contributed by atoms with van der Waals surface area (Å²) >= 11 is 7.15. The van der Waals surface area contributed by atoms with E-state index < -0.39 is 11.7 Å². The van der Waals surface area contributed by atoms with Gasteiger partial charge >= 0.3 is 6.18 Å². The number of rotatable bonds is 2. The van der Waals surface area contributed by atoms with Gasteiger partial charge in [-0.25, -0.2) is 0 Å². The number of alkyl halides is 3. The molecule has 6 heteroatoms. The molecule has 0 aliphatic carbocycles. The maximum Gasteiger partial charge on any atom is 0.416 e. The summed E-state index contributed by atoms with van der Waals surface area (Å²) in [5, 5.41) is 9.48. The maximum atomic E-state index is 12.6. The second-order valence-corrected chi connectivity index (χ2v) is 5.34. The first-order valence-electron chi connectivity index (χ1n) is 5.45. The quantitative estimate of drug-likeness (QED) is 0.743. The van der Waals surface area contributed by atoms with Crippen LogP contribution in [0.3, 0.4) is 0 Å². The van der Waals surface area contributed by atoms with Crippen LogP contribution in [0.1, 0.15) is 11.1 Å². The van der Waals surface area contributed by atoms with Crippen molar-refractivity contribution in [3.05, 3.63) is 58.6 Å². The summed E-state index contributed by atoms with van der Waals surface area (Å²) in [5.74, 6) is 0. The van der Waals surface area contributed by atoms with Crippen LogP contribution >= 0.6 is 23.4 Å². The highest BCUT2D eigenvalue weighted by molar-refractivity contribution is 7.99. The van der Waals surface area contributed by atoms with E-state index in [2.05, 4.69) is 0 Å². The third kappa shape index (κ3) is 3.27. The van der Waals surface area contributed by atoms with E-state index in [0.717, 1.165) is 23.9 Å². The lowest BCUT2D eigenvalue weighted by molar-refractivity contribution is -0.137. The molecule has 0 atom stereocenters. The van der Waals surface area contributed by atoms with E-state index in [1.54, 1.807) is 30.3 Å². The van der Waals surface area contributed by atoms with Gasteiger partial charge in [0.25, 0.3) is 0 Å². The van der Waals surface area contributed by atoms with Crippen molar-refractivity contribution in [2.45, 2.75) is 16.0 Å². The monoisotopic (exact) mass is 313 g/mol. The van der Waals surface area contributed by atoms with Crippen molar-refractivity contribution >= 4 is 23.4 Å². The van der Waals surface area contributed by atoms with Crippen molar-refractivity contribution in [2.24, 2.45) is 0 Å². The molecule has 0 unspecified atom stereocenters. The van der Waals surface area contributed by atoms with E-state index in [9.17, 15) is 13.2 Å². The van der Waals surface area contributed by atoms with Gasteiger partial charge in [-0.15, -0.1) is 0 Å². The molecular formula is C14H7ClF3NS. The Morgan fingerprint density at radius 2 is 1.75 bits per heavy atom. The molecule has 2 aromatic rings. The Bertz CT molecular complexity index is 677. The van der Waals surface area contributed by atoms with E-state index in [1.807, 2.05) is 0 Å². The normalized spacial score (nSPS) is 11.2. The molecule has 0 radical (unpaired) electrons. The number of nitriles is 1. The molecule has 1 nitrogen and oxygen atoms in total. The molecule has 0 heterocycles. The van der Waals surface area contributed by atoms with Crippen LogP contribution in [0.4, 0.5) is 13.2 Å². The number of hydrogen-bond donors (Lipinski definition) is 0.